The van der Waals surface area contributed by atoms with Gasteiger partial charge in [-0.3, -0.25) is 4.79 Å². The number of carbonyl (C=O) groups excluding carboxylic acids is 1. The van der Waals surface area contributed by atoms with Gasteiger partial charge in [0.05, 0.1) is 15.1 Å². The molecule has 3 rings (SSSR count). The number of sulfonamides is 1. The van der Waals surface area contributed by atoms with E-state index in [2.05, 4.69) is 11.6 Å². The molecule has 0 aliphatic heterocycles. The number of hydrogen-bond acceptors (Lipinski definition) is 4. The van der Waals surface area contributed by atoms with Crippen molar-refractivity contribution in [3.05, 3.63) is 71.0 Å². The van der Waals surface area contributed by atoms with Gasteiger partial charge in [-0.25, -0.2) is 12.7 Å². The van der Waals surface area contributed by atoms with Crippen LogP contribution in [0.3, 0.4) is 0 Å². The highest BCUT2D eigenvalue weighted by Crippen LogP contribution is 2.21. The monoisotopic (exact) mass is 415 g/mol. The van der Waals surface area contributed by atoms with Crippen LogP contribution in [0.2, 0.25) is 0 Å². The Bertz CT molecular complexity index is 1220. The van der Waals surface area contributed by atoms with Crippen LogP contribution in [0, 0.1) is 6.92 Å². The minimum atomic E-state index is -3.54. The first-order valence-corrected chi connectivity index (χ1v) is 10.8. The molecular weight excluding hydrogens is 394 g/mol. The Balaban J connectivity index is 2.05. The van der Waals surface area contributed by atoms with Gasteiger partial charge in [-0.2, -0.15) is 4.99 Å². The number of amides is 1. The van der Waals surface area contributed by atoms with E-state index in [0.717, 1.165) is 20.1 Å². The number of aromatic nitrogens is 1. The Labute approximate surface area is 168 Å². The van der Waals surface area contributed by atoms with Crippen molar-refractivity contribution in [1.29, 1.82) is 0 Å². The molecule has 0 saturated carbocycles. The van der Waals surface area contributed by atoms with E-state index >= 15 is 0 Å². The average Bonchev–Trinajstić information content (AvgIpc) is 3.00. The van der Waals surface area contributed by atoms with Gasteiger partial charge in [0, 0.05) is 26.2 Å². The van der Waals surface area contributed by atoms with Crippen molar-refractivity contribution in [1.82, 2.24) is 8.87 Å². The summed E-state index contributed by atoms with van der Waals surface area (Å²) in [5, 5.41) is 0. The minimum Gasteiger partial charge on any atom is -0.312 e. The van der Waals surface area contributed by atoms with Gasteiger partial charge in [-0.05, 0) is 42.8 Å². The first-order valence-electron chi connectivity index (χ1n) is 8.57. The van der Waals surface area contributed by atoms with Crippen LogP contribution in [-0.4, -0.2) is 37.3 Å². The van der Waals surface area contributed by atoms with Gasteiger partial charge in [0.15, 0.2) is 4.80 Å². The first kappa shape index (κ1) is 20.2. The summed E-state index contributed by atoms with van der Waals surface area (Å²) in [4.78, 5) is 17.7. The van der Waals surface area contributed by atoms with Crippen LogP contribution in [0.1, 0.15) is 15.9 Å². The third kappa shape index (κ3) is 3.71. The number of nitrogens with zero attached hydrogens (tertiary/aromatic N) is 3. The number of benzene rings is 2. The maximum Gasteiger partial charge on any atom is 0.279 e. The third-order valence-electron chi connectivity index (χ3n) is 4.29. The molecule has 3 aromatic rings. The van der Waals surface area contributed by atoms with Crippen LogP contribution in [0.15, 0.2) is 65.0 Å². The predicted octanol–water partition coefficient (Wildman–Crippen LogP) is 3.19. The van der Waals surface area contributed by atoms with Crippen molar-refractivity contribution in [2.45, 2.75) is 18.4 Å². The number of rotatable bonds is 5. The summed E-state index contributed by atoms with van der Waals surface area (Å²) in [6.45, 7) is 6.35. The van der Waals surface area contributed by atoms with E-state index in [1.165, 1.54) is 49.7 Å². The molecule has 0 aliphatic carbocycles. The highest BCUT2D eigenvalue weighted by Gasteiger charge is 2.17. The van der Waals surface area contributed by atoms with Crippen LogP contribution < -0.4 is 4.80 Å². The molecule has 0 N–H and O–H groups in total. The number of fused-ring (bicyclic) bond motifs is 1. The summed E-state index contributed by atoms with van der Waals surface area (Å²) >= 11 is 1.44. The van der Waals surface area contributed by atoms with Gasteiger partial charge in [0.25, 0.3) is 5.91 Å². The van der Waals surface area contributed by atoms with Crippen LogP contribution in [-0.2, 0) is 16.6 Å². The molecule has 0 atom stereocenters. The summed E-state index contributed by atoms with van der Waals surface area (Å²) in [6.07, 6.45) is 1.77. The lowest BCUT2D eigenvalue weighted by atomic mass is 10.2. The first-order chi connectivity index (χ1) is 13.3. The van der Waals surface area contributed by atoms with Crippen LogP contribution in [0.4, 0.5) is 0 Å². The highest BCUT2D eigenvalue weighted by molar-refractivity contribution is 7.89. The van der Waals surface area contributed by atoms with Gasteiger partial charge in [-0.1, -0.05) is 29.5 Å². The highest BCUT2D eigenvalue weighted by atomic mass is 32.2. The summed E-state index contributed by atoms with van der Waals surface area (Å²) in [5.41, 5.74) is 2.46. The van der Waals surface area contributed by atoms with Crippen molar-refractivity contribution >= 4 is 37.5 Å². The van der Waals surface area contributed by atoms with E-state index in [4.69, 9.17) is 0 Å². The van der Waals surface area contributed by atoms with Crippen LogP contribution >= 0.6 is 11.3 Å². The molecule has 2 aromatic carbocycles. The molecule has 0 fully saturated rings. The molecular formula is C20H21N3O3S2. The van der Waals surface area contributed by atoms with Gasteiger partial charge in [-0.15, -0.1) is 6.58 Å². The second kappa shape index (κ2) is 7.83. The van der Waals surface area contributed by atoms with Crippen LogP contribution in [0.5, 0.6) is 0 Å². The fraction of sp³-hybridized carbons (Fsp3) is 0.200. The van der Waals surface area contributed by atoms with Gasteiger partial charge >= 0.3 is 0 Å². The zero-order valence-electron chi connectivity index (χ0n) is 15.9. The molecule has 0 bridgehead atoms. The fourth-order valence-electron chi connectivity index (χ4n) is 2.82. The molecule has 28 heavy (non-hydrogen) atoms. The maximum atomic E-state index is 12.7. The SMILES string of the molecule is C=CCn1c(=NC(=O)c2ccc(S(=O)(=O)N(C)C)cc2)sc2cccc(C)c21. The minimum absolute atomic E-state index is 0.133. The van der Waals surface area contributed by atoms with Crippen molar-refractivity contribution in [2.24, 2.45) is 4.99 Å². The van der Waals surface area contributed by atoms with Gasteiger partial charge in [0.2, 0.25) is 10.0 Å². The van der Waals surface area contributed by atoms with Crippen molar-refractivity contribution in [3.8, 4) is 0 Å². The molecule has 0 spiro atoms. The molecule has 0 saturated heterocycles. The number of para-hydroxylation sites is 1. The van der Waals surface area contributed by atoms with E-state index in [9.17, 15) is 13.2 Å². The third-order valence-corrected chi connectivity index (χ3v) is 7.16. The molecule has 1 aromatic heterocycles. The smallest absolute Gasteiger partial charge is 0.279 e. The zero-order chi connectivity index (χ0) is 20.5. The molecule has 0 aliphatic rings. The van der Waals surface area contributed by atoms with Gasteiger partial charge in [0.1, 0.15) is 0 Å². The second-order valence-electron chi connectivity index (χ2n) is 6.43. The van der Waals surface area contributed by atoms with E-state index < -0.39 is 15.9 Å². The molecule has 1 heterocycles. The Morgan fingerprint density at radius 2 is 1.89 bits per heavy atom. The van der Waals surface area contributed by atoms with Crippen molar-refractivity contribution in [3.63, 3.8) is 0 Å². The largest absolute Gasteiger partial charge is 0.312 e. The molecule has 6 nitrogen and oxygen atoms in total. The molecule has 8 heteroatoms. The number of aryl methyl sites for hydroxylation is 1. The van der Waals surface area contributed by atoms with Crippen molar-refractivity contribution < 1.29 is 13.2 Å². The van der Waals surface area contributed by atoms with Crippen LogP contribution in [0.25, 0.3) is 10.2 Å². The lowest BCUT2D eigenvalue weighted by molar-refractivity contribution is 0.0998. The Kier molecular flexibility index (Phi) is 5.64. The summed E-state index contributed by atoms with van der Waals surface area (Å²) in [6, 6.07) is 11.8. The Hall–Kier alpha value is -2.55. The average molecular weight is 416 g/mol. The normalized spacial score (nSPS) is 12.6. The zero-order valence-corrected chi connectivity index (χ0v) is 17.5. The van der Waals surface area contributed by atoms with E-state index in [1.54, 1.807) is 6.08 Å². The van der Waals surface area contributed by atoms with E-state index in [1.807, 2.05) is 29.7 Å². The summed E-state index contributed by atoms with van der Waals surface area (Å²) in [7, 11) is -0.608. The predicted molar refractivity (Wildman–Crippen MR) is 112 cm³/mol. The fourth-order valence-corrected chi connectivity index (χ4v) is 4.84. The number of thiazole rings is 1. The standard InChI is InChI=1S/C20H21N3O3S2/c1-5-13-23-18-14(2)7-6-8-17(18)27-20(23)21-19(24)15-9-11-16(12-10-15)28(25,26)22(3)4/h5-12H,1,13H2,2-4H3. The lowest BCUT2D eigenvalue weighted by Crippen LogP contribution is -2.22. The number of hydrogen-bond donors (Lipinski definition) is 0. The van der Waals surface area contributed by atoms with E-state index in [-0.39, 0.29) is 4.90 Å². The summed E-state index contributed by atoms with van der Waals surface area (Å²) < 4.78 is 28.5. The lowest BCUT2D eigenvalue weighted by Gasteiger charge is -2.11. The quantitative estimate of drug-likeness (QED) is 0.601. The maximum absolute atomic E-state index is 12.7. The van der Waals surface area contributed by atoms with Crippen molar-refractivity contribution in [2.75, 3.05) is 14.1 Å². The number of allylic oxidation sites excluding steroid dienone is 1. The summed E-state index contributed by atoms with van der Waals surface area (Å²) in [5.74, 6) is -0.421. The molecule has 1 amide bonds. The Morgan fingerprint density at radius 3 is 2.50 bits per heavy atom. The van der Waals surface area contributed by atoms with Gasteiger partial charge < -0.3 is 4.57 Å². The molecule has 146 valence electrons. The topological polar surface area (TPSA) is 71.7 Å². The molecule has 0 unspecified atom stereocenters. The molecule has 0 radical (unpaired) electrons. The number of carbonyl (C=O) groups is 1. The Morgan fingerprint density at radius 1 is 1.21 bits per heavy atom. The van der Waals surface area contributed by atoms with E-state index in [0.29, 0.717) is 16.9 Å². The second-order valence-corrected chi connectivity index (χ2v) is 9.60.